The summed E-state index contributed by atoms with van der Waals surface area (Å²) >= 11 is 0. The maximum Gasteiger partial charge on any atom is 0.408 e. The summed E-state index contributed by atoms with van der Waals surface area (Å²) in [5, 5.41) is 35.5. The van der Waals surface area contributed by atoms with Gasteiger partial charge in [0.2, 0.25) is 5.79 Å². The van der Waals surface area contributed by atoms with Gasteiger partial charge in [-0.1, -0.05) is 71.1 Å². The third-order valence-corrected chi connectivity index (χ3v) is 16.8. The number of piperidine rings is 1. The summed E-state index contributed by atoms with van der Waals surface area (Å²) in [6.07, 6.45) is 9.57. The van der Waals surface area contributed by atoms with Gasteiger partial charge in [-0.05, 0) is 113 Å². The summed E-state index contributed by atoms with van der Waals surface area (Å²) in [5.74, 6) is -10.1. The number of cyclic esters (lactones) is 1. The van der Waals surface area contributed by atoms with Gasteiger partial charge in [0.1, 0.15) is 42.3 Å². The number of carbonyl (C=O) groups excluding carboxylic acids is 6. The van der Waals surface area contributed by atoms with E-state index >= 15 is 0 Å². The molecule has 2 amide bonds. The lowest BCUT2D eigenvalue weighted by Crippen LogP contribution is -2.61. The SMILES string of the molecule is COC1CC2CC[C@@H](C)[C@@](O)(O2)C(=O)C(=O)N2CCCC[C@H]2C(=O)OC(C(C)CC2CC[C@@H](OC(=O)NC(CCS(C)=O)C(=O)O)C(OC)C2)CC(=O)C(C)/C=C(\C)[C@@H](O)C(OC)C(=O)[C@H](C)CC(C)\C=C/C=C/C=C/1C. The minimum atomic E-state index is -2.49. The largest absolute Gasteiger partial charge is 0.480 e. The van der Waals surface area contributed by atoms with Crippen molar-refractivity contribution in [2.24, 2.45) is 35.5 Å². The van der Waals surface area contributed by atoms with Crippen LogP contribution in [0.5, 0.6) is 0 Å². The van der Waals surface area contributed by atoms with Gasteiger partial charge >= 0.3 is 18.0 Å². The molecule has 3 fully saturated rings. The van der Waals surface area contributed by atoms with E-state index in [1.54, 1.807) is 40.9 Å². The Labute approximate surface area is 457 Å². The Morgan fingerprint density at radius 1 is 0.896 bits per heavy atom. The van der Waals surface area contributed by atoms with Crippen LogP contribution in [0.15, 0.2) is 47.6 Å². The van der Waals surface area contributed by atoms with Crippen LogP contribution >= 0.6 is 0 Å². The molecule has 3 heterocycles. The van der Waals surface area contributed by atoms with Crippen LogP contribution in [0.3, 0.4) is 0 Å². The van der Waals surface area contributed by atoms with Crippen molar-refractivity contribution >= 4 is 52.1 Å². The molecule has 4 aliphatic rings. The van der Waals surface area contributed by atoms with Crippen LogP contribution in [0.4, 0.5) is 4.79 Å². The van der Waals surface area contributed by atoms with Crippen LogP contribution in [-0.4, -0.2) is 166 Å². The number of nitrogens with one attached hydrogen (secondary N) is 1. The summed E-state index contributed by atoms with van der Waals surface area (Å²) < 4.78 is 47.0. The Hall–Kier alpha value is -4.44. The molecule has 2 bridgehead atoms. The molecule has 77 heavy (non-hydrogen) atoms. The normalized spacial score (nSPS) is 36.6. The number of nitrogens with zero attached hydrogens (tertiary/aromatic N) is 1. The number of esters is 1. The predicted molar refractivity (Wildman–Crippen MR) is 288 cm³/mol. The Morgan fingerprint density at radius 3 is 2.26 bits per heavy atom. The van der Waals surface area contributed by atoms with Crippen molar-refractivity contribution in [3.63, 3.8) is 0 Å². The molecule has 2 saturated heterocycles. The average Bonchev–Trinajstić information content (AvgIpc) is 3.39. The number of alkyl carbamates (subject to hydrolysis) is 1. The number of methoxy groups -OCH3 is 3. The van der Waals surface area contributed by atoms with Gasteiger partial charge in [0.25, 0.3) is 11.7 Å². The second kappa shape index (κ2) is 30.8. The van der Waals surface area contributed by atoms with Gasteiger partial charge in [0.15, 0.2) is 5.78 Å². The highest BCUT2D eigenvalue weighted by Gasteiger charge is 2.53. The smallest absolute Gasteiger partial charge is 0.408 e. The fourth-order valence-electron chi connectivity index (χ4n) is 11.1. The number of aliphatic carboxylic acids is 1. The summed E-state index contributed by atoms with van der Waals surface area (Å²) in [5.41, 5.74) is 1.19. The van der Waals surface area contributed by atoms with E-state index in [-0.39, 0.29) is 61.4 Å². The minimum absolute atomic E-state index is 0.0185. The number of carboxylic acid groups (broad SMARTS) is 1. The molecule has 20 heteroatoms. The first kappa shape index (κ1) is 65.1. The fraction of sp³-hybridized carbons (Fsp3) is 0.737. The van der Waals surface area contributed by atoms with E-state index in [0.29, 0.717) is 63.4 Å². The second-order valence-electron chi connectivity index (χ2n) is 22.1. The van der Waals surface area contributed by atoms with Gasteiger partial charge in [0.05, 0.1) is 18.3 Å². The van der Waals surface area contributed by atoms with Crippen molar-refractivity contribution in [3.8, 4) is 0 Å². The number of aliphatic hydroxyl groups excluding tert-OH is 1. The first-order chi connectivity index (χ1) is 36.3. The molecule has 1 saturated carbocycles. The third-order valence-electron chi connectivity index (χ3n) is 16.0. The van der Waals surface area contributed by atoms with Gasteiger partial charge < -0.3 is 54.0 Å². The highest BCUT2D eigenvalue weighted by atomic mass is 32.2. The molecule has 0 aromatic rings. The van der Waals surface area contributed by atoms with E-state index in [0.717, 1.165) is 10.5 Å². The van der Waals surface area contributed by atoms with E-state index in [1.807, 2.05) is 51.2 Å². The van der Waals surface area contributed by atoms with Crippen LogP contribution < -0.4 is 5.32 Å². The molecule has 0 aromatic carbocycles. The minimum Gasteiger partial charge on any atom is -0.480 e. The summed E-state index contributed by atoms with van der Waals surface area (Å²) in [6, 6.07) is -2.53. The standard InChI is InChI=1S/C57H88N2O17S/c1-33-17-13-12-14-18-34(2)46(71-8)31-41-22-20-39(7)57(69,76-41)52(63)53(64)59-25-16-15-19-43(59)55(67)74-47(32-44(60)35(3)28-38(6)50(62)51(73-10)49(61)37(5)27-33)36(4)29-40-21-23-45(48(30-40)72-9)75-56(68)58-42(54(65)66)24-26-77(11)70/h12-14,17-18,28,33,35-37,39-43,45-48,50-51,62,69H,15-16,19-27,29-32H2,1-11H3,(H,58,68)(H,65,66)/b14-12+,17-13-,34-18+,38-28+/t33?,35?,36?,37-,39-,40?,41?,42?,43+,45-,46?,47?,48?,50-,51?,57-,77?/m1/s1. The number of aliphatic hydroxyl groups is 2. The quantitative estimate of drug-likeness (QED) is 0.0971. The van der Waals surface area contributed by atoms with Crippen molar-refractivity contribution < 1.29 is 81.5 Å². The van der Waals surface area contributed by atoms with Crippen LogP contribution in [0.2, 0.25) is 0 Å². The average molecular weight is 1110 g/mol. The Balaban J connectivity index is 1.66. The molecule has 1 aliphatic carbocycles. The van der Waals surface area contributed by atoms with E-state index in [1.165, 1.54) is 20.5 Å². The van der Waals surface area contributed by atoms with E-state index < -0.39 is 125 Å². The molecule has 0 spiro atoms. The second-order valence-corrected chi connectivity index (χ2v) is 23.6. The Kier molecular flexibility index (Phi) is 26.0. The van der Waals surface area contributed by atoms with Crippen LogP contribution in [0.1, 0.15) is 132 Å². The van der Waals surface area contributed by atoms with Gasteiger partial charge in [0, 0.05) is 81.3 Å². The van der Waals surface area contributed by atoms with Gasteiger partial charge in [-0.3, -0.25) is 23.4 Å². The molecular weight excluding hydrogens is 1020 g/mol. The topological polar surface area (TPSA) is 268 Å². The number of hydrogen-bond acceptors (Lipinski definition) is 16. The molecule has 17 atom stereocenters. The maximum absolute atomic E-state index is 14.6. The molecule has 434 valence electrons. The Bertz CT molecular complexity index is 2200. The molecular formula is C57H88N2O17S. The maximum atomic E-state index is 14.6. The molecule has 4 rings (SSSR count). The predicted octanol–water partition coefficient (Wildman–Crippen LogP) is 6.14. The van der Waals surface area contributed by atoms with Crippen molar-refractivity contribution in [1.29, 1.82) is 0 Å². The zero-order valence-corrected chi connectivity index (χ0v) is 48.0. The molecule has 11 unspecified atom stereocenters. The van der Waals surface area contributed by atoms with Gasteiger partial charge in [-0.15, -0.1) is 0 Å². The van der Waals surface area contributed by atoms with Crippen LogP contribution in [-0.2, 0) is 68.0 Å². The first-order valence-electron chi connectivity index (χ1n) is 27.3. The van der Waals surface area contributed by atoms with E-state index in [2.05, 4.69) is 5.32 Å². The molecule has 0 radical (unpaired) electrons. The number of allylic oxidation sites excluding steroid dienone is 6. The van der Waals surface area contributed by atoms with Crippen molar-refractivity contribution in [3.05, 3.63) is 47.6 Å². The zero-order chi connectivity index (χ0) is 57.3. The number of carbonyl (C=O) groups is 7. The number of carboxylic acids is 1. The monoisotopic (exact) mass is 1100 g/mol. The summed E-state index contributed by atoms with van der Waals surface area (Å²) in [7, 11) is 3.10. The number of rotatable bonds is 12. The fourth-order valence-corrected chi connectivity index (χ4v) is 11.7. The zero-order valence-electron chi connectivity index (χ0n) is 47.1. The number of fused-ring (bicyclic) bond motifs is 3. The number of ketones is 3. The van der Waals surface area contributed by atoms with Crippen molar-refractivity contribution in [2.45, 2.75) is 193 Å². The summed E-state index contributed by atoms with van der Waals surface area (Å²) in [4.78, 5) is 97.3. The number of amides is 2. The highest BCUT2D eigenvalue weighted by Crippen LogP contribution is 2.38. The third kappa shape index (κ3) is 18.6. The lowest BCUT2D eigenvalue weighted by Gasteiger charge is -2.42. The molecule has 3 aliphatic heterocycles. The highest BCUT2D eigenvalue weighted by molar-refractivity contribution is 7.84. The lowest BCUT2D eigenvalue weighted by atomic mass is 9.78. The first-order valence-corrected chi connectivity index (χ1v) is 29.1. The Morgan fingerprint density at radius 2 is 1.61 bits per heavy atom. The molecule has 4 N–H and O–H groups in total. The molecule has 0 aromatic heterocycles. The van der Waals surface area contributed by atoms with Crippen molar-refractivity contribution in [1.82, 2.24) is 10.2 Å². The summed E-state index contributed by atoms with van der Waals surface area (Å²) in [6.45, 7) is 12.4. The van der Waals surface area contributed by atoms with E-state index in [9.17, 15) is 53.1 Å². The van der Waals surface area contributed by atoms with Gasteiger partial charge in [-0.2, -0.15) is 0 Å². The number of ether oxygens (including phenoxy) is 6. The van der Waals surface area contributed by atoms with Crippen molar-refractivity contribution in [2.75, 3.05) is 39.9 Å². The van der Waals surface area contributed by atoms with E-state index in [4.69, 9.17) is 28.4 Å². The van der Waals surface area contributed by atoms with Crippen LogP contribution in [0, 0.1) is 35.5 Å². The number of hydrogen-bond donors (Lipinski definition) is 4. The van der Waals surface area contributed by atoms with Crippen LogP contribution in [0.25, 0.3) is 0 Å². The molecule has 19 nitrogen and oxygen atoms in total. The lowest BCUT2D eigenvalue weighted by molar-refractivity contribution is -0.265. The van der Waals surface area contributed by atoms with Gasteiger partial charge in [-0.25, -0.2) is 14.4 Å². The number of Topliss-reactive ketones (excluding diaryl/α,β-unsaturated/α-hetero) is 3.